The van der Waals surface area contributed by atoms with Crippen LogP contribution in [0.5, 0.6) is 0 Å². The van der Waals surface area contributed by atoms with Crippen molar-refractivity contribution < 1.29 is 47.5 Å². The molecule has 298 valence electrons. The lowest BCUT2D eigenvalue weighted by molar-refractivity contribution is -0.161. The van der Waals surface area contributed by atoms with Crippen LogP contribution in [0, 0.1) is 0 Å². The highest BCUT2D eigenvalue weighted by Gasteiger charge is 2.28. The van der Waals surface area contributed by atoms with Gasteiger partial charge in [0.1, 0.15) is 12.6 Å². The van der Waals surface area contributed by atoms with Crippen molar-refractivity contribution in [2.24, 2.45) is 5.73 Å². The molecule has 0 radical (unpaired) electrons. The standard InChI is InChI=1S/C39H72NO10P/c1-3-5-7-9-11-13-15-17-18-19-21-22-24-26-28-30-37(41)47-32-35(33-48-51(45,46)49-34-36(40)39(43)44)50-38(42)31-29-27-25-23-20-16-14-12-10-8-6-4-2/h12,14,24,26,35-36H,3-11,13,15-23,25,27-34,40H2,1-2H3,(H,43,44)(H,45,46)/b14-12+,26-24+/t35-,36+/m1/s1. The number of carboxylic acids is 1. The van der Waals surface area contributed by atoms with E-state index in [1.165, 1.54) is 83.5 Å². The molecular formula is C39H72NO10P. The van der Waals surface area contributed by atoms with Gasteiger partial charge in [0.05, 0.1) is 13.2 Å². The van der Waals surface area contributed by atoms with Gasteiger partial charge in [0.2, 0.25) is 0 Å². The number of phosphoric ester groups is 1. The topological polar surface area (TPSA) is 172 Å². The van der Waals surface area contributed by atoms with E-state index in [4.69, 9.17) is 24.8 Å². The third kappa shape index (κ3) is 34.8. The van der Waals surface area contributed by atoms with Gasteiger partial charge in [-0.05, 0) is 51.4 Å². The van der Waals surface area contributed by atoms with E-state index >= 15 is 0 Å². The van der Waals surface area contributed by atoms with Gasteiger partial charge in [-0.25, -0.2) is 4.57 Å². The Morgan fingerprint density at radius 1 is 0.588 bits per heavy atom. The summed E-state index contributed by atoms with van der Waals surface area (Å²) in [6, 6.07) is -1.52. The summed E-state index contributed by atoms with van der Waals surface area (Å²) in [4.78, 5) is 45.7. The Balaban J connectivity index is 4.45. The summed E-state index contributed by atoms with van der Waals surface area (Å²) in [6.45, 7) is 2.72. The van der Waals surface area contributed by atoms with Crippen LogP contribution in [-0.4, -0.2) is 59.9 Å². The quantitative estimate of drug-likeness (QED) is 0.0239. The number of esters is 2. The largest absolute Gasteiger partial charge is 0.480 e. The smallest absolute Gasteiger partial charge is 0.472 e. The molecule has 0 saturated carbocycles. The highest BCUT2D eigenvalue weighted by atomic mass is 31.2. The summed E-state index contributed by atoms with van der Waals surface area (Å²) >= 11 is 0. The summed E-state index contributed by atoms with van der Waals surface area (Å²) in [5.74, 6) is -2.45. The van der Waals surface area contributed by atoms with E-state index < -0.39 is 51.1 Å². The number of carbonyl (C=O) groups is 3. The molecule has 11 nitrogen and oxygen atoms in total. The molecular weight excluding hydrogens is 673 g/mol. The fraction of sp³-hybridized carbons (Fsp3) is 0.821. The Bertz CT molecular complexity index is 974. The van der Waals surface area contributed by atoms with Gasteiger partial charge in [-0.2, -0.15) is 0 Å². The molecule has 0 spiro atoms. The summed E-state index contributed by atoms with van der Waals surface area (Å²) in [5.41, 5.74) is 5.31. The lowest BCUT2D eigenvalue weighted by Crippen LogP contribution is -2.34. The first kappa shape index (κ1) is 49.0. The van der Waals surface area contributed by atoms with Crippen LogP contribution in [0.4, 0.5) is 0 Å². The van der Waals surface area contributed by atoms with Crippen molar-refractivity contribution in [3.63, 3.8) is 0 Å². The molecule has 0 bridgehead atoms. The van der Waals surface area contributed by atoms with E-state index in [-0.39, 0.29) is 19.4 Å². The second-order valence-electron chi connectivity index (χ2n) is 13.4. The zero-order chi connectivity index (χ0) is 37.8. The first-order chi connectivity index (χ1) is 24.6. The number of unbranched alkanes of at least 4 members (excludes halogenated alkanes) is 19. The fourth-order valence-corrected chi connectivity index (χ4v) is 6.03. The molecule has 0 aliphatic carbocycles. The molecule has 3 atom stereocenters. The number of nitrogens with two attached hydrogens (primary N) is 1. The third-order valence-electron chi connectivity index (χ3n) is 8.44. The van der Waals surface area contributed by atoms with Gasteiger partial charge in [0, 0.05) is 12.8 Å². The predicted molar refractivity (Wildman–Crippen MR) is 203 cm³/mol. The Morgan fingerprint density at radius 3 is 1.55 bits per heavy atom. The number of hydrogen-bond donors (Lipinski definition) is 3. The minimum Gasteiger partial charge on any atom is -0.480 e. The van der Waals surface area contributed by atoms with E-state index in [9.17, 15) is 23.8 Å². The van der Waals surface area contributed by atoms with Gasteiger partial charge in [0.15, 0.2) is 6.10 Å². The van der Waals surface area contributed by atoms with Crippen molar-refractivity contribution in [3.05, 3.63) is 24.3 Å². The molecule has 0 heterocycles. The number of allylic oxidation sites excluding steroid dienone is 4. The number of ether oxygens (including phenoxy) is 2. The Hall–Kier alpha value is -2.04. The maximum atomic E-state index is 12.5. The second kappa shape index (κ2) is 35.0. The lowest BCUT2D eigenvalue weighted by Gasteiger charge is -2.20. The van der Waals surface area contributed by atoms with Crippen LogP contribution in [0.1, 0.15) is 174 Å². The number of hydrogen-bond acceptors (Lipinski definition) is 9. The van der Waals surface area contributed by atoms with Crippen molar-refractivity contribution in [1.29, 1.82) is 0 Å². The van der Waals surface area contributed by atoms with Crippen LogP contribution in [0.25, 0.3) is 0 Å². The van der Waals surface area contributed by atoms with Gasteiger partial charge in [-0.3, -0.25) is 23.4 Å². The number of carbonyl (C=O) groups excluding carboxylic acids is 2. The molecule has 0 amide bonds. The van der Waals surface area contributed by atoms with Crippen LogP contribution in [0.3, 0.4) is 0 Å². The Labute approximate surface area is 309 Å². The minimum atomic E-state index is -4.72. The SMILES string of the molecule is CCCCC/C=C/CCCCCCCC(=O)O[C@H](COC(=O)CC/C=C/CCCCCCCCCCCCC)COP(=O)(O)OC[C@H](N)C(=O)O. The zero-order valence-electron chi connectivity index (χ0n) is 31.9. The predicted octanol–water partition coefficient (Wildman–Crippen LogP) is 9.89. The average molecular weight is 746 g/mol. The molecule has 0 aromatic rings. The molecule has 0 aromatic carbocycles. The van der Waals surface area contributed by atoms with Gasteiger partial charge < -0.3 is 25.2 Å². The normalized spacial score (nSPS) is 14.1. The highest BCUT2D eigenvalue weighted by molar-refractivity contribution is 7.47. The Morgan fingerprint density at radius 2 is 1.02 bits per heavy atom. The number of aliphatic carboxylic acids is 1. The van der Waals surface area contributed by atoms with E-state index in [0.717, 1.165) is 51.4 Å². The molecule has 0 fully saturated rings. The maximum absolute atomic E-state index is 12.5. The highest BCUT2D eigenvalue weighted by Crippen LogP contribution is 2.43. The van der Waals surface area contributed by atoms with Crippen molar-refractivity contribution in [2.45, 2.75) is 187 Å². The monoisotopic (exact) mass is 745 g/mol. The van der Waals surface area contributed by atoms with Gasteiger partial charge in [-0.1, -0.05) is 134 Å². The van der Waals surface area contributed by atoms with E-state index in [0.29, 0.717) is 12.8 Å². The maximum Gasteiger partial charge on any atom is 0.472 e. The fourth-order valence-electron chi connectivity index (χ4n) is 5.25. The van der Waals surface area contributed by atoms with Crippen molar-refractivity contribution in [1.82, 2.24) is 0 Å². The summed E-state index contributed by atoms with van der Waals surface area (Å²) in [6.07, 6.45) is 34.0. The molecule has 1 unspecified atom stereocenters. The molecule has 12 heteroatoms. The average Bonchev–Trinajstić information content (AvgIpc) is 3.10. The summed E-state index contributed by atoms with van der Waals surface area (Å²) in [5, 5.41) is 8.86. The molecule has 0 saturated heterocycles. The number of phosphoric acid groups is 1. The van der Waals surface area contributed by atoms with Crippen LogP contribution in [0.2, 0.25) is 0 Å². The van der Waals surface area contributed by atoms with Crippen molar-refractivity contribution >= 4 is 25.7 Å². The number of carboxylic acid groups (broad SMARTS) is 1. The van der Waals surface area contributed by atoms with Gasteiger partial charge >= 0.3 is 25.7 Å². The third-order valence-corrected chi connectivity index (χ3v) is 9.39. The van der Waals surface area contributed by atoms with Crippen molar-refractivity contribution in [3.8, 4) is 0 Å². The van der Waals surface area contributed by atoms with E-state index in [1.54, 1.807) is 0 Å². The van der Waals surface area contributed by atoms with Crippen LogP contribution in [-0.2, 0) is 37.5 Å². The Kier molecular flexibility index (Phi) is 33.6. The molecule has 0 aliphatic rings. The lowest BCUT2D eigenvalue weighted by atomic mass is 10.1. The van der Waals surface area contributed by atoms with Gasteiger partial charge in [-0.15, -0.1) is 0 Å². The molecule has 51 heavy (non-hydrogen) atoms. The van der Waals surface area contributed by atoms with Gasteiger partial charge in [0.25, 0.3) is 0 Å². The van der Waals surface area contributed by atoms with Crippen LogP contribution < -0.4 is 5.73 Å². The second-order valence-corrected chi connectivity index (χ2v) is 14.9. The van der Waals surface area contributed by atoms with E-state index in [1.807, 2.05) is 6.08 Å². The summed E-state index contributed by atoms with van der Waals surface area (Å²) < 4.78 is 32.5. The van der Waals surface area contributed by atoms with Crippen LogP contribution in [0.15, 0.2) is 24.3 Å². The minimum absolute atomic E-state index is 0.139. The van der Waals surface area contributed by atoms with Crippen LogP contribution >= 0.6 is 7.82 Å². The molecule has 4 N–H and O–H groups in total. The first-order valence-electron chi connectivity index (χ1n) is 19.9. The molecule has 0 aromatic heterocycles. The molecule has 0 rings (SSSR count). The summed E-state index contributed by atoms with van der Waals surface area (Å²) in [7, 11) is -4.72. The zero-order valence-corrected chi connectivity index (χ0v) is 32.8. The van der Waals surface area contributed by atoms with E-state index in [2.05, 4.69) is 36.6 Å². The van der Waals surface area contributed by atoms with Crippen molar-refractivity contribution in [2.75, 3.05) is 19.8 Å². The molecule has 0 aliphatic heterocycles. The first-order valence-corrected chi connectivity index (χ1v) is 21.4. The number of rotatable bonds is 37.